The fourth-order valence-corrected chi connectivity index (χ4v) is 3.69. The van der Waals surface area contributed by atoms with Crippen molar-refractivity contribution in [1.29, 1.82) is 0 Å². The third-order valence-corrected chi connectivity index (χ3v) is 4.91. The molecule has 0 spiro atoms. The van der Waals surface area contributed by atoms with Gasteiger partial charge in [-0.2, -0.15) is 0 Å². The number of amides is 2. The number of Topliss-reactive ketones (excluding diaryl/α,β-unsaturated/α-hetero) is 1. The Bertz CT molecular complexity index is 531. The second-order valence-electron chi connectivity index (χ2n) is 5.75. The van der Waals surface area contributed by atoms with E-state index in [0.717, 1.165) is 49.7 Å². The molecule has 0 aromatic rings. The number of carbonyl (C=O) groups excluding carboxylic acids is 2. The Hall–Kier alpha value is -1.70. The Labute approximate surface area is 168 Å². The van der Waals surface area contributed by atoms with Gasteiger partial charge in [0.1, 0.15) is 0 Å². The van der Waals surface area contributed by atoms with Gasteiger partial charge in [0.2, 0.25) is 0 Å². The van der Waals surface area contributed by atoms with E-state index in [9.17, 15) is 9.59 Å². The summed E-state index contributed by atoms with van der Waals surface area (Å²) in [5, 5.41) is 0. The van der Waals surface area contributed by atoms with Crippen LogP contribution in [-0.4, -0.2) is 46.3 Å². The average molecular weight is 414 g/mol. The zero-order valence-corrected chi connectivity index (χ0v) is 16.6. The van der Waals surface area contributed by atoms with Gasteiger partial charge in [-0.1, -0.05) is 0 Å². The zero-order chi connectivity index (χ0) is 22.0. The average Bonchev–Trinajstić information content (AvgIpc) is 3.07. The van der Waals surface area contributed by atoms with Crippen LogP contribution in [0.25, 0.3) is 0 Å². The molecule has 9 heteroatoms. The van der Waals surface area contributed by atoms with Crippen molar-refractivity contribution in [3.8, 4) is 0 Å². The monoisotopic (exact) mass is 414 g/mol. The molecule has 8 nitrogen and oxygen atoms in total. The number of likely N-dealkylation sites (N-methyl/N-ethyl adjacent to an activating group) is 1. The Balaban J connectivity index is -0.000000638. The number of ketones is 1. The summed E-state index contributed by atoms with van der Waals surface area (Å²) in [4.78, 5) is 27.4. The molecule has 1 aliphatic heterocycles. The van der Waals surface area contributed by atoms with Crippen LogP contribution in [0, 0.1) is 38.4 Å². The predicted octanol–water partition coefficient (Wildman–Crippen LogP) is 1.67. The van der Waals surface area contributed by atoms with Crippen molar-refractivity contribution in [3.63, 3.8) is 0 Å². The number of urea groups is 1. The molecule has 0 aromatic heterocycles. The van der Waals surface area contributed by atoms with Gasteiger partial charge in [0.25, 0.3) is 0 Å². The number of rotatable bonds is 4. The van der Waals surface area contributed by atoms with Crippen molar-refractivity contribution >= 4 is 16.3 Å². The Morgan fingerprint density at radius 1 is 1.07 bits per heavy atom. The van der Waals surface area contributed by atoms with Crippen molar-refractivity contribution in [3.05, 3.63) is 26.6 Å². The van der Waals surface area contributed by atoms with Crippen LogP contribution >= 0.6 is 0 Å². The van der Waals surface area contributed by atoms with Crippen molar-refractivity contribution in [1.82, 2.24) is 9.80 Å². The van der Waals surface area contributed by atoms with Gasteiger partial charge in [-0.25, -0.2) is 0 Å². The molecule has 2 rings (SSSR count). The molecule has 2 amide bonds. The van der Waals surface area contributed by atoms with E-state index >= 15 is 0 Å². The van der Waals surface area contributed by atoms with Gasteiger partial charge >= 0.3 is 168 Å². The van der Waals surface area contributed by atoms with Crippen LogP contribution in [-0.2, 0) is 39.3 Å². The normalized spacial score (nSPS) is 18.5. The number of hydrogen-bond donors (Lipinski definition) is 0. The fourth-order valence-electron chi connectivity index (χ4n) is 3.02. The van der Waals surface area contributed by atoms with Gasteiger partial charge in [0.05, 0.1) is 0 Å². The maximum atomic E-state index is 11.9. The molecule has 1 aliphatic carbocycles. The van der Waals surface area contributed by atoms with E-state index in [4.69, 9.17) is 18.6 Å². The van der Waals surface area contributed by atoms with Crippen molar-refractivity contribution in [2.45, 2.75) is 39.0 Å². The van der Waals surface area contributed by atoms with E-state index in [1.54, 1.807) is 4.90 Å². The Morgan fingerprint density at radius 2 is 1.59 bits per heavy atom. The first-order chi connectivity index (χ1) is 13.0. The molecule has 0 N–H and O–H groups in total. The molecule has 1 saturated heterocycles. The van der Waals surface area contributed by atoms with Crippen LogP contribution in [0.4, 0.5) is 4.79 Å². The third-order valence-electron chi connectivity index (χ3n) is 4.30. The fraction of sp³-hybridized carbons (Fsp3) is 0.611. The van der Waals surface area contributed by atoms with Crippen LogP contribution in [0.15, 0.2) is 0 Å². The quantitative estimate of drug-likeness (QED) is 0.513. The predicted molar refractivity (Wildman–Crippen MR) is 86.2 cm³/mol. The summed E-state index contributed by atoms with van der Waals surface area (Å²) in [6.07, 6.45) is 4.77. The van der Waals surface area contributed by atoms with Gasteiger partial charge in [-0.3, -0.25) is 0 Å². The molecule has 2 atom stereocenters. The third kappa shape index (κ3) is 10.3. The van der Waals surface area contributed by atoms with Crippen LogP contribution in [0.3, 0.4) is 0 Å². The molecule has 27 heavy (non-hydrogen) atoms. The molecule has 0 unspecified atom stereocenters. The van der Waals surface area contributed by atoms with Gasteiger partial charge in [0, 0.05) is 0 Å². The minimum absolute atomic E-state index is 0.0657. The summed E-state index contributed by atoms with van der Waals surface area (Å²) in [5.74, 6) is 0.923. The molecule has 2 aliphatic rings. The SMILES string of the molecule is C[C@@H](C[C](=[Cr])N1CCN(C)C1=O)[C@H]1CCCCC1=O.[C-]#[O+].[C-]#[O+].[C-]#[O+].[C-]#[O+]. The zero-order valence-electron chi connectivity index (χ0n) is 15.4. The summed E-state index contributed by atoms with van der Waals surface area (Å²) in [5.41, 5.74) is 0. The van der Waals surface area contributed by atoms with E-state index < -0.39 is 0 Å². The maximum absolute atomic E-state index is 11.9. The van der Waals surface area contributed by atoms with Crippen LogP contribution in [0.5, 0.6) is 0 Å². The second-order valence-corrected chi connectivity index (χ2v) is 6.49. The number of carbonyl (C=O) groups is 2. The Morgan fingerprint density at radius 3 is 2.00 bits per heavy atom. The molecule has 0 bridgehead atoms. The van der Waals surface area contributed by atoms with Crippen LogP contribution in [0.2, 0.25) is 0 Å². The molecule has 1 saturated carbocycles. The summed E-state index contributed by atoms with van der Waals surface area (Å²) >= 11 is 3.04. The standard InChI is InChI=1S/C14H22N2O2.4CO.Cr/c1-11(12-5-3-4-6-13(12)17)7-8-16-10-9-15(2)14(16)18;4*1-2;/h11-12H,3-7,9-10H2,1-2H3;;;;;/t11-,12+;;;;;/m0...../s1. The van der Waals surface area contributed by atoms with Gasteiger partial charge in [0.15, 0.2) is 0 Å². The van der Waals surface area contributed by atoms with E-state index in [2.05, 4.69) is 49.4 Å². The van der Waals surface area contributed by atoms with E-state index in [1.807, 2.05) is 11.9 Å². The van der Waals surface area contributed by atoms with Crippen LogP contribution < -0.4 is 0 Å². The minimum atomic E-state index is 0.0657. The topological polar surface area (TPSA) is 120 Å². The van der Waals surface area contributed by atoms with Gasteiger partial charge in [-0.05, 0) is 0 Å². The van der Waals surface area contributed by atoms with Crippen molar-refractivity contribution < 1.29 is 44.0 Å². The first-order valence-electron chi connectivity index (χ1n) is 7.90. The summed E-state index contributed by atoms with van der Waals surface area (Å²) in [7, 11) is 1.82. The van der Waals surface area contributed by atoms with Gasteiger partial charge < -0.3 is 0 Å². The molecular weight excluding hydrogens is 392 g/mol. The van der Waals surface area contributed by atoms with Crippen molar-refractivity contribution in [2.75, 3.05) is 20.1 Å². The van der Waals surface area contributed by atoms with E-state index in [1.165, 1.54) is 0 Å². The molecule has 0 radical (unpaired) electrons. The molecule has 0 aromatic carbocycles. The molecule has 146 valence electrons. The number of nitrogens with zero attached hydrogens (tertiary/aromatic N) is 2. The molecular formula is C18H22CrN2O6. The first kappa shape index (κ1) is 30.0. The van der Waals surface area contributed by atoms with Crippen LogP contribution in [0.1, 0.15) is 39.0 Å². The summed E-state index contributed by atoms with van der Waals surface area (Å²) < 4.78 is 31.0. The summed E-state index contributed by atoms with van der Waals surface area (Å²) in [6.45, 7) is 21.7. The summed E-state index contributed by atoms with van der Waals surface area (Å²) in [6, 6.07) is 0.0657. The Kier molecular flexibility index (Phi) is 21.2. The van der Waals surface area contributed by atoms with E-state index in [0.29, 0.717) is 11.7 Å². The van der Waals surface area contributed by atoms with Gasteiger partial charge in [-0.15, -0.1) is 0 Å². The molecule has 1 heterocycles. The number of hydrogen-bond acceptors (Lipinski definition) is 2. The van der Waals surface area contributed by atoms with Crippen molar-refractivity contribution in [2.24, 2.45) is 11.8 Å². The second kappa shape index (κ2) is 19.1. The molecule has 2 fully saturated rings. The first-order valence-corrected chi connectivity index (χ1v) is 8.54. The van der Waals surface area contributed by atoms with E-state index in [-0.39, 0.29) is 11.9 Å².